The molecule has 3 heteroatoms. The third-order valence-electron chi connectivity index (χ3n) is 4.97. The van der Waals surface area contributed by atoms with Crippen molar-refractivity contribution in [2.45, 2.75) is 51.7 Å². The van der Waals surface area contributed by atoms with Crippen LogP contribution >= 0.6 is 0 Å². The fraction of sp³-hybridized carbons (Fsp3) is 0.800. The Morgan fingerprint density at radius 1 is 1.56 bits per heavy atom. The van der Waals surface area contributed by atoms with Crippen LogP contribution in [0.5, 0.6) is 0 Å². The number of esters is 1. The van der Waals surface area contributed by atoms with Gasteiger partial charge in [-0.1, -0.05) is 13.5 Å². The van der Waals surface area contributed by atoms with E-state index < -0.39 is 0 Å². The van der Waals surface area contributed by atoms with Gasteiger partial charge < -0.3 is 9.84 Å². The summed E-state index contributed by atoms with van der Waals surface area (Å²) >= 11 is 0. The van der Waals surface area contributed by atoms with Crippen molar-refractivity contribution in [2.24, 2.45) is 23.7 Å². The zero-order valence-corrected chi connectivity index (χ0v) is 11.3. The van der Waals surface area contributed by atoms with Crippen molar-refractivity contribution >= 4 is 5.97 Å². The second kappa shape index (κ2) is 5.43. The largest absolute Gasteiger partial charge is 0.460 e. The molecule has 2 saturated carbocycles. The van der Waals surface area contributed by atoms with E-state index in [4.69, 9.17) is 4.74 Å². The molecule has 2 fully saturated rings. The lowest BCUT2D eigenvalue weighted by atomic mass is 9.76. The summed E-state index contributed by atoms with van der Waals surface area (Å²) in [7, 11) is 0. The van der Waals surface area contributed by atoms with E-state index in [1.807, 2.05) is 6.92 Å². The van der Waals surface area contributed by atoms with Crippen molar-refractivity contribution in [3.8, 4) is 0 Å². The summed E-state index contributed by atoms with van der Waals surface area (Å²) in [4.78, 5) is 11.1. The normalized spacial score (nSPS) is 39.6. The maximum Gasteiger partial charge on any atom is 0.330 e. The van der Waals surface area contributed by atoms with E-state index in [1.165, 1.54) is 12.5 Å². The Kier molecular flexibility index (Phi) is 4.10. The Morgan fingerprint density at radius 3 is 2.89 bits per heavy atom. The van der Waals surface area contributed by atoms with Gasteiger partial charge in [0.25, 0.3) is 0 Å². The Bertz CT molecular complexity index is 326. The molecule has 102 valence electrons. The fourth-order valence-electron chi connectivity index (χ4n) is 3.93. The average molecular weight is 252 g/mol. The van der Waals surface area contributed by atoms with E-state index in [0.717, 1.165) is 19.3 Å². The molecule has 2 aliphatic carbocycles. The molecule has 2 rings (SSSR count). The van der Waals surface area contributed by atoms with Crippen LogP contribution in [0.25, 0.3) is 0 Å². The highest BCUT2D eigenvalue weighted by atomic mass is 16.5. The summed E-state index contributed by atoms with van der Waals surface area (Å²) in [6, 6.07) is 0. The smallest absolute Gasteiger partial charge is 0.330 e. The van der Waals surface area contributed by atoms with Crippen LogP contribution in [-0.2, 0) is 9.53 Å². The van der Waals surface area contributed by atoms with Crippen LogP contribution in [0.4, 0.5) is 0 Å². The first-order chi connectivity index (χ1) is 8.52. The molecule has 2 aliphatic rings. The average Bonchev–Trinajstić information content (AvgIpc) is 2.84. The van der Waals surface area contributed by atoms with Crippen LogP contribution < -0.4 is 0 Å². The molecule has 0 spiro atoms. The van der Waals surface area contributed by atoms with Crippen LogP contribution in [0.2, 0.25) is 0 Å². The summed E-state index contributed by atoms with van der Waals surface area (Å²) < 4.78 is 5.18. The molecular weight excluding hydrogens is 228 g/mol. The van der Waals surface area contributed by atoms with Crippen molar-refractivity contribution < 1.29 is 14.6 Å². The monoisotopic (exact) mass is 252 g/mol. The standard InChI is InChI=1S/C15H24O3/c1-4-15(17)18-9(2)5-6-12-10(3)11-7-13(12)14(16)8-11/h4,9-14,16H,1,5-8H2,2-3H3. The lowest BCUT2D eigenvalue weighted by molar-refractivity contribution is -0.142. The number of hydrogen-bond donors (Lipinski definition) is 1. The number of ether oxygens (including phenoxy) is 1. The topological polar surface area (TPSA) is 46.5 Å². The van der Waals surface area contributed by atoms with Crippen LogP contribution in [0.15, 0.2) is 12.7 Å². The minimum absolute atomic E-state index is 0.0565. The number of fused-ring (bicyclic) bond motifs is 2. The number of hydrogen-bond acceptors (Lipinski definition) is 3. The highest BCUT2D eigenvalue weighted by Crippen LogP contribution is 2.53. The highest BCUT2D eigenvalue weighted by Gasteiger charge is 2.49. The van der Waals surface area contributed by atoms with Gasteiger partial charge in [-0.15, -0.1) is 0 Å². The lowest BCUT2D eigenvalue weighted by Gasteiger charge is -2.32. The molecule has 0 aliphatic heterocycles. The molecule has 0 radical (unpaired) electrons. The third-order valence-corrected chi connectivity index (χ3v) is 4.97. The Balaban J connectivity index is 1.80. The lowest BCUT2D eigenvalue weighted by Crippen LogP contribution is -2.30. The zero-order valence-electron chi connectivity index (χ0n) is 11.3. The van der Waals surface area contributed by atoms with Gasteiger partial charge >= 0.3 is 5.97 Å². The molecule has 0 saturated heterocycles. The number of carbonyl (C=O) groups is 1. The van der Waals surface area contributed by atoms with E-state index in [0.29, 0.717) is 23.7 Å². The van der Waals surface area contributed by atoms with E-state index >= 15 is 0 Å². The third kappa shape index (κ3) is 2.61. The number of carbonyl (C=O) groups excluding carboxylic acids is 1. The molecule has 0 aromatic carbocycles. The van der Waals surface area contributed by atoms with Crippen LogP contribution in [0.1, 0.15) is 39.5 Å². The van der Waals surface area contributed by atoms with E-state index in [9.17, 15) is 9.90 Å². The van der Waals surface area contributed by atoms with Gasteiger partial charge in [0.15, 0.2) is 0 Å². The zero-order chi connectivity index (χ0) is 13.3. The first-order valence-corrected chi connectivity index (χ1v) is 7.04. The van der Waals surface area contributed by atoms with Gasteiger partial charge in [-0.2, -0.15) is 0 Å². The summed E-state index contributed by atoms with van der Waals surface area (Å²) in [6.07, 6.45) is 5.16. The predicted molar refractivity (Wildman–Crippen MR) is 69.9 cm³/mol. The predicted octanol–water partition coefficient (Wildman–Crippen LogP) is 2.54. The highest BCUT2D eigenvalue weighted by molar-refractivity contribution is 5.81. The van der Waals surface area contributed by atoms with Gasteiger partial charge in [0.1, 0.15) is 0 Å². The van der Waals surface area contributed by atoms with Gasteiger partial charge in [0.2, 0.25) is 0 Å². The SMILES string of the molecule is C=CC(=O)OC(C)CCC1C(C)C2CC(O)C1C2. The van der Waals surface area contributed by atoms with Gasteiger partial charge in [0.05, 0.1) is 12.2 Å². The van der Waals surface area contributed by atoms with Crippen molar-refractivity contribution in [1.29, 1.82) is 0 Å². The minimum atomic E-state index is -0.344. The maximum absolute atomic E-state index is 11.1. The molecule has 0 aromatic heterocycles. The molecule has 6 unspecified atom stereocenters. The molecule has 0 amide bonds. The number of aliphatic hydroxyl groups excluding tert-OH is 1. The Morgan fingerprint density at radius 2 is 2.28 bits per heavy atom. The molecule has 18 heavy (non-hydrogen) atoms. The van der Waals surface area contributed by atoms with Crippen LogP contribution in [0.3, 0.4) is 0 Å². The summed E-state index contributed by atoms with van der Waals surface area (Å²) in [5, 5.41) is 9.96. The first-order valence-electron chi connectivity index (χ1n) is 7.04. The van der Waals surface area contributed by atoms with Gasteiger partial charge in [-0.25, -0.2) is 4.79 Å². The minimum Gasteiger partial charge on any atom is -0.460 e. The van der Waals surface area contributed by atoms with Crippen molar-refractivity contribution in [3.63, 3.8) is 0 Å². The van der Waals surface area contributed by atoms with Crippen molar-refractivity contribution in [2.75, 3.05) is 0 Å². The molecule has 2 bridgehead atoms. The first kappa shape index (κ1) is 13.6. The van der Waals surface area contributed by atoms with Crippen LogP contribution in [0, 0.1) is 23.7 Å². The van der Waals surface area contributed by atoms with Crippen molar-refractivity contribution in [1.82, 2.24) is 0 Å². The molecule has 3 nitrogen and oxygen atoms in total. The van der Waals surface area contributed by atoms with E-state index in [-0.39, 0.29) is 18.2 Å². The van der Waals surface area contributed by atoms with Gasteiger partial charge in [-0.05, 0) is 56.3 Å². The number of rotatable bonds is 5. The Labute approximate surface area is 109 Å². The van der Waals surface area contributed by atoms with Gasteiger partial charge in [-0.3, -0.25) is 0 Å². The molecule has 6 atom stereocenters. The summed E-state index contributed by atoms with van der Waals surface area (Å²) in [6.45, 7) is 7.63. The van der Waals surface area contributed by atoms with Crippen molar-refractivity contribution in [3.05, 3.63) is 12.7 Å². The maximum atomic E-state index is 11.1. The second-order valence-corrected chi connectivity index (χ2v) is 6.01. The molecule has 1 N–H and O–H groups in total. The van der Waals surface area contributed by atoms with E-state index in [1.54, 1.807) is 0 Å². The molecule has 0 aromatic rings. The summed E-state index contributed by atoms with van der Waals surface area (Å²) in [5.41, 5.74) is 0. The quantitative estimate of drug-likeness (QED) is 0.604. The number of aliphatic hydroxyl groups is 1. The van der Waals surface area contributed by atoms with E-state index in [2.05, 4.69) is 13.5 Å². The summed E-state index contributed by atoms with van der Waals surface area (Å²) in [5.74, 6) is 2.15. The fourth-order valence-corrected chi connectivity index (χ4v) is 3.93. The molecular formula is C15H24O3. The van der Waals surface area contributed by atoms with Crippen LogP contribution in [-0.4, -0.2) is 23.3 Å². The molecule has 0 heterocycles. The second-order valence-electron chi connectivity index (χ2n) is 6.01. The Hall–Kier alpha value is -0.830. The van der Waals surface area contributed by atoms with Gasteiger partial charge in [0, 0.05) is 6.08 Å².